The third-order valence-corrected chi connectivity index (χ3v) is 4.96. The van der Waals surface area contributed by atoms with Gasteiger partial charge in [0.25, 0.3) is 20.2 Å². The molecule has 0 aliphatic carbocycles. The Hall–Kier alpha value is -0.700. The van der Waals surface area contributed by atoms with E-state index in [1.165, 1.54) is 12.2 Å². The number of allylic oxidation sites excluding steroid dienone is 2. The SMILES string of the molecule is CCCCCC=CCS(=O)(=O)OOS(=O)(=O)CC=CCCCCC. The highest BCUT2D eigenvalue weighted by molar-refractivity contribution is 7.89. The maximum absolute atomic E-state index is 11.5. The van der Waals surface area contributed by atoms with E-state index in [-0.39, 0.29) is 0 Å². The molecule has 0 spiro atoms. The molecule has 8 heteroatoms. The minimum absolute atomic E-state index is 0.415. The van der Waals surface area contributed by atoms with E-state index in [4.69, 9.17) is 0 Å². The first-order chi connectivity index (χ1) is 11.3. The number of rotatable bonds is 15. The van der Waals surface area contributed by atoms with Gasteiger partial charge in [-0.1, -0.05) is 72.5 Å². The van der Waals surface area contributed by atoms with Gasteiger partial charge in [0.05, 0.1) is 11.5 Å². The molecule has 0 aromatic heterocycles. The highest BCUT2D eigenvalue weighted by Crippen LogP contribution is 2.05. The van der Waals surface area contributed by atoms with E-state index in [1.54, 1.807) is 12.2 Å². The minimum Gasteiger partial charge on any atom is -0.197 e. The third kappa shape index (κ3) is 14.9. The summed E-state index contributed by atoms with van der Waals surface area (Å²) in [7, 11) is -8.12. The van der Waals surface area contributed by atoms with Crippen LogP contribution in [0.4, 0.5) is 0 Å². The van der Waals surface area contributed by atoms with Crippen molar-refractivity contribution in [2.75, 3.05) is 11.5 Å². The van der Waals surface area contributed by atoms with Gasteiger partial charge in [0.1, 0.15) is 0 Å². The maximum atomic E-state index is 11.5. The van der Waals surface area contributed by atoms with Gasteiger partial charge in [-0.3, -0.25) is 0 Å². The Bertz CT molecular complexity index is 509. The van der Waals surface area contributed by atoms with Gasteiger partial charge in [0.2, 0.25) is 0 Å². The van der Waals surface area contributed by atoms with Crippen LogP contribution in [0.1, 0.15) is 65.2 Å². The van der Waals surface area contributed by atoms with E-state index < -0.39 is 31.7 Å². The third-order valence-electron chi connectivity index (χ3n) is 3.12. The molecule has 0 aliphatic rings. The molecule has 0 radical (unpaired) electrons. The van der Waals surface area contributed by atoms with E-state index in [2.05, 4.69) is 22.5 Å². The topological polar surface area (TPSA) is 86.7 Å². The fraction of sp³-hybridized carbons (Fsp3) is 0.750. The lowest BCUT2D eigenvalue weighted by Gasteiger charge is -2.02. The Morgan fingerprint density at radius 2 is 1.00 bits per heavy atom. The van der Waals surface area contributed by atoms with Crippen molar-refractivity contribution in [3.05, 3.63) is 24.3 Å². The fourth-order valence-electron chi connectivity index (χ4n) is 1.77. The molecule has 0 saturated heterocycles. The van der Waals surface area contributed by atoms with Gasteiger partial charge in [-0.05, 0) is 25.7 Å². The molecule has 0 bridgehead atoms. The fourth-order valence-corrected chi connectivity index (χ4v) is 3.30. The van der Waals surface area contributed by atoms with E-state index in [1.807, 2.05) is 0 Å². The summed E-state index contributed by atoms with van der Waals surface area (Å²) < 4.78 is 54.4. The summed E-state index contributed by atoms with van der Waals surface area (Å²) in [5.41, 5.74) is 0. The van der Waals surface area contributed by atoms with Crippen molar-refractivity contribution in [3.63, 3.8) is 0 Å². The average Bonchev–Trinajstić information content (AvgIpc) is 2.52. The molecule has 0 aromatic carbocycles. The van der Waals surface area contributed by atoms with E-state index >= 15 is 0 Å². The lowest BCUT2D eigenvalue weighted by molar-refractivity contribution is -0.0842. The monoisotopic (exact) mass is 382 g/mol. The molecular weight excluding hydrogens is 352 g/mol. The summed E-state index contributed by atoms with van der Waals surface area (Å²) in [5, 5.41) is 0. The van der Waals surface area contributed by atoms with Crippen molar-refractivity contribution in [1.29, 1.82) is 0 Å². The number of hydrogen-bond acceptors (Lipinski definition) is 6. The quantitative estimate of drug-likeness (QED) is 0.185. The lowest BCUT2D eigenvalue weighted by atomic mass is 10.2. The summed E-state index contributed by atoms with van der Waals surface area (Å²) in [6, 6.07) is 0. The van der Waals surface area contributed by atoms with Crippen LogP contribution < -0.4 is 0 Å². The average molecular weight is 383 g/mol. The molecule has 0 aromatic rings. The molecule has 6 nitrogen and oxygen atoms in total. The minimum atomic E-state index is -4.06. The van der Waals surface area contributed by atoms with Crippen molar-refractivity contribution in [2.45, 2.75) is 65.2 Å². The molecule has 0 saturated carbocycles. The molecule has 24 heavy (non-hydrogen) atoms. The molecule has 0 aliphatic heterocycles. The van der Waals surface area contributed by atoms with Gasteiger partial charge in [-0.2, -0.15) is 16.8 Å². The molecule has 0 atom stereocenters. The molecule has 0 heterocycles. The number of unbranched alkanes of at least 4 members (excludes halogenated alkanes) is 6. The largest absolute Gasteiger partial charge is 0.298 e. The van der Waals surface area contributed by atoms with Crippen molar-refractivity contribution >= 4 is 20.2 Å². The maximum Gasteiger partial charge on any atom is 0.298 e. The second-order valence-electron chi connectivity index (χ2n) is 5.52. The second kappa shape index (κ2) is 13.6. The smallest absolute Gasteiger partial charge is 0.197 e. The predicted octanol–water partition coefficient (Wildman–Crippen LogP) is 3.87. The first-order valence-electron chi connectivity index (χ1n) is 8.46. The van der Waals surface area contributed by atoms with Crippen molar-refractivity contribution in [3.8, 4) is 0 Å². The van der Waals surface area contributed by atoms with Gasteiger partial charge in [0, 0.05) is 0 Å². The van der Waals surface area contributed by atoms with Crippen LogP contribution >= 0.6 is 0 Å². The van der Waals surface area contributed by atoms with Crippen molar-refractivity contribution in [2.24, 2.45) is 0 Å². The number of hydrogen-bond donors (Lipinski definition) is 0. The van der Waals surface area contributed by atoms with Gasteiger partial charge in [-0.25, -0.2) is 0 Å². The van der Waals surface area contributed by atoms with Crippen LogP contribution in [-0.2, 0) is 28.9 Å². The Kier molecular flexibility index (Phi) is 13.2. The van der Waals surface area contributed by atoms with Crippen LogP contribution in [0.15, 0.2) is 24.3 Å². The van der Waals surface area contributed by atoms with E-state index in [0.717, 1.165) is 51.4 Å². The van der Waals surface area contributed by atoms with Gasteiger partial charge >= 0.3 is 0 Å². The standard InChI is InChI=1S/C16H30O6S2/c1-3-5-7-9-11-13-15-23(17,18)21-22-24(19,20)16-14-12-10-8-6-4-2/h11-14H,3-10,15-16H2,1-2H3. The zero-order chi connectivity index (χ0) is 18.3. The van der Waals surface area contributed by atoms with Crippen LogP contribution in [0, 0.1) is 0 Å². The molecule has 0 unspecified atom stereocenters. The molecule has 0 N–H and O–H groups in total. The molecule has 0 amide bonds. The van der Waals surface area contributed by atoms with Crippen LogP contribution in [-0.4, -0.2) is 28.3 Å². The van der Waals surface area contributed by atoms with Gasteiger partial charge in [-0.15, -0.1) is 0 Å². The molecule has 0 fully saturated rings. The molecule has 0 rings (SSSR count). The highest BCUT2D eigenvalue weighted by atomic mass is 32.2. The summed E-state index contributed by atoms with van der Waals surface area (Å²) in [5.74, 6) is -0.830. The molecule has 142 valence electrons. The lowest BCUT2D eigenvalue weighted by Crippen LogP contribution is -2.15. The Labute approximate surface area is 147 Å². The first kappa shape index (κ1) is 23.3. The zero-order valence-electron chi connectivity index (χ0n) is 14.6. The predicted molar refractivity (Wildman–Crippen MR) is 96.3 cm³/mol. The van der Waals surface area contributed by atoms with Crippen LogP contribution in [0.2, 0.25) is 0 Å². The zero-order valence-corrected chi connectivity index (χ0v) is 16.3. The Morgan fingerprint density at radius 3 is 1.33 bits per heavy atom. The van der Waals surface area contributed by atoms with Gasteiger partial charge in [0.15, 0.2) is 0 Å². The van der Waals surface area contributed by atoms with Crippen LogP contribution in [0.3, 0.4) is 0 Å². The second-order valence-corrected chi connectivity index (χ2v) is 8.69. The van der Waals surface area contributed by atoms with Crippen LogP contribution in [0.5, 0.6) is 0 Å². The Morgan fingerprint density at radius 1 is 0.625 bits per heavy atom. The summed E-state index contributed by atoms with van der Waals surface area (Å²) in [4.78, 5) is 0. The highest BCUT2D eigenvalue weighted by Gasteiger charge is 2.17. The van der Waals surface area contributed by atoms with E-state index in [9.17, 15) is 16.8 Å². The van der Waals surface area contributed by atoms with E-state index in [0.29, 0.717) is 0 Å². The summed E-state index contributed by atoms with van der Waals surface area (Å²) >= 11 is 0. The van der Waals surface area contributed by atoms with Crippen LogP contribution in [0.25, 0.3) is 0 Å². The molecular formula is C16H30O6S2. The normalized spacial score (nSPS) is 13.2. The first-order valence-corrected chi connectivity index (χ1v) is 11.6. The summed E-state index contributed by atoms with van der Waals surface area (Å²) in [6.07, 6.45) is 14.3. The van der Waals surface area contributed by atoms with Crippen molar-refractivity contribution < 1.29 is 25.5 Å². The Balaban J connectivity index is 4.10. The summed E-state index contributed by atoms with van der Waals surface area (Å²) in [6.45, 7) is 4.17. The van der Waals surface area contributed by atoms with Gasteiger partial charge < -0.3 is 0 Å². The van der Waals surface area contributed by atoms with Crippen molar-refractivity contribution in [1.82, 2.24) is 0 Å².